The second-order valence-electron chi connectivity index (χ2n) is 5.63. The molecular weight excluding hydrogens is 356 g/mol. The number of rotatable bonds is 7. The lowest BCUT2D eigenvalue weighted by Crippen LogP contribution is -2.26. The minimum atomic E-state index is 0.347. The van der Waals surface area contributed by atoms with Crippen LogP contribution in [0, 0.1) is 0 Å². The topological polar surface area (TPSA) is 43.4 Å². The third kappa shape index (κ3) is 5.03. The van der Waals surface area contributed by atoms with Gasteiger partial charge in [-0.25, -0.2) is 0 Å². The zero-order valence-corrected chi connectivity index (χ0v) is 14.6. The standard InChI is InChI=1S/C18H21BrN2O2/c19-15-6-7-18(23-13-16-4-1-2-8-21-16)14(10-15)11-20-12-17-5-3-9-22-17/h1-2,4,6-8,10,17,20H,3,5,9,11-13H2. The second kappa shape index (κ2) is 8.43. The Morgan fingerprint density at radius 2 is 2.26 bits per heavy atom. The molecule has 1 aliphatic rings. The second-order valence-corrected chi connectivity index (χ2v) is 6.54. The van der Waals surface area contributed by atoms with Crippen molar-refractivity contribution in [3.05, 3.63) is 58.3 Å². The van der Waals surface area contributed by atoms with Crippen LogP contribution in [-0.2, 0) is 17.9 Å². The van der Waals surface area contributed by atoms with Gasteiger partial charge in [-0.1, -0.05) is 22.0 Å². The van der Waals surface area contributed by atoms with Gasteiger partial charge in [0.15, 0.2) is 0 Å². The molecule has 1 aliphatic heterocycles. The van der Waals surface area contributed by atoms with E-state index in [-0.39, 0.29) is 0 Å². The van der Waals surface area contributed by atoms with Crippen LogP contribution in [0.25, 0.3) is 0 Å². The maximum Gasteiger partial charge on any atom is 0.130 e. The Morgan fingerprint density at radius 3 is 3.04 bits per heavy atom. The van der Waals surface area contributed by atoms with E-state index in [0.717, 1.165) is 47.6 Å². The van der Waals surface area contributed by atoms with E-state index in [9.17, 15) is 0 Å². The summed E-state index contributed by atoms with van der Waals surface area (Å²) in [5.74, 6) is 0.888. The van der Waals surface area contributed by atoms with Crippen LogP contribution in [0.15, 0.2) is 47.1 Å². The fraction of sp³-hybridized carbons (Fsp3) is 0.389. The van der Waals surface area contributed by atoms with Gasteiger partial charge in [0.2, 0.25) is 0 Å². The summed E-state index contributed by atoms with van der Waals surface area (Å²) >= 11 is 3.53. The average Bonchev–Trinajstić information content (AvgIpc) is 3.08. The number of hydrogen-bond acceptors (Lipinski definition) is 4. The molecule has 23 heavy (non-hydrogen) atoms. The van der Waals surface area contributed by atoms with Gasteiger partial charge in [-0.3, -0.25) is 4.98 Å². The Balaban J connectivity index is 1.58. The van der Waals surface area contributed by atoms with Crippen molar-refractivity contribution in [3.63, 3.8) is 0 Å². The first-order valence-corrected chi connectivity index (χ1v) is 8.74. The van der Waals surface area contributed by atoms with E-state index in [1.54, 1.807) is 6.20 Å². The Kier molecular flexibility index (Phi) is 6.02. The first-order valence-electron chi connectivity index (χ1n) is 7.95. The SMILES string of the molecule is Brc1ccc(OCc2ccccn2)c(CNCC2CCCO2)c1. The molecule has 0 amide bonds. The molecule has 1 fully saturated rings. The molecule has 0 spiro atoms. The molecule has 0 aliphatic carbocycles. The smallest absolute Gasteiger partial charge is 0.130 e. The average molecular weight is 377 g/mol. The molecule has 1 aromatic heterocycles. The summed E-state index contributed by atoms with van der Waals surface area (Å²) in [6.45, 7) is 3.01. The molecule has 3 rings (SSSR count). The lowest BCUT2D eigenvalue weighted by atomic mass is 10.2. The van der Waals surface area contributed by atoms with Gasteiger partial charge in [0, 0.05) is 35.9 Å². The van der Waals surface area contributed by atoms with Crippen LogP contribution >= 0.6 is 15.9 Å². The zero-order chi connectivity index (χ0) is 15.9. The van der Waals surface area contributed by atoms with Crippen LogP contribution in [0.4, 0.5) is 0 Å². The molecule has 1 saturated heterocycles. The summed E-state index contributed by atoms with van der Waals surface area (Å²) in [5, 5.41) is 3.47. The number of nitrogens with one attached hydrogen (secondary N) is 1. The quantitative estimate of drug-likeness (QED) is 0.799. The summed E-state index contributed by atoms with van der Waals surface area (Å²) in [6.07, 6.45) is 4.45. The van der Waals surface area contributed by atoms with Crippen LogP contribution in [0.3, 0.4) is 0 Å². The number of hydrogen-bond donors (Lipinski definition) is 1. The lowest BCUT2D eigenvalue weighted by Gasteiger charge is -2.14. The Hall–Kier alpha value is -1.43. The number of halogens is 1. The molecule has 1 unspecified atom stereocenters. The molecule has 2 heterocycles. The predicted octanol–water partition coefficient (Wildman–Crippen LogP) is 3.69. The van der Waals surface area contributed by atoms with Crippen LogP contribution in [0.5, 0.6) is 5.75 Å². The third-order valence-corrected chi connectivity index (χ3v) is 4.33. The van der Waals surface area contributed by atoms with E-state index in [1.807, 2.05) is 30.3 Å². The van der Waals surface area contributed by atoms with Crippen LogP contribution in [0.2, 0.25) is 0 Å². The molecule has 0 saturated carbocycles. The number of ether oxygens (including phenoxy) is 2. The number of pyridine rings is 1. The Morgan fingerprint density at radius 1 is 1.30 bits per heavy atom. The van der Waals surface area contributed by atoms with Crippen LogP contribution in [0.1, 0.15) is 24.1 Å². The van der Waals surface area contributed by atoms with E-state index >= 15 is 0 Å². The maximum absolute atomic E-state index is 5.95. The van der Waals surface area contributed by atoms with Crippen molar-refractivity contribution >= 4 is 15.9 Å². The van der Waals surface area contributed by atoms with Crippen LogP contribution < -0.4 is 10.1 Å². The molecule has 5 heteroatoms. The minimum absolute atomic E-state index is 0.347. The summed E-state index contributed by atoms with van der Waals surface area (Å²) in [5.41, 5.74) is 2.06. The van der Waals surface area contributed by atoms with Gasteiger partial charge in [0.1, 0.15) is 12.4 Å². The highest BCUT2D eigenvalue weighted by Gasteiger charge is 2.15. The van der Waals surface area contributed by atoms with Gasteiger partial charge in [0.05, 0.1) is 11.8 Å². The van der Waals surface area contributed by atoms with Gasteiger partial charge < -0.3 is 14.8 Å². The van der Waals surface area contributed by atoms with Crippen molar-refractivity contribution in [2.75, 3.05) is 13.2 Å². The summed E-state index contributed by atoms with van der Waals surface area (Å²) < 4.78 is 12.6. The molecule has 0 bridgehead atoms. The normalized spacial score (nSPS) is 17.3. The van der Waals surface area contributed by atoms with E-state index in [4.69, 9.17) is 9.47 Å². The van der Waals surface area contributed by atoms with Gasteiger partial charge in [-0.05, 0) is 43.2 Å². The number of aromatic nitrogens is 1. The minimum Gasteiger partial charge on any atom is -0.487 e. The zero-order valence-electron chi connectivity index (χ0n) is 13.0. The molecule has 4 nitrogen and oxygen atoms in total. The molecule has 122 valence electrons. The van der Waals surface area contributed by atoms with Gasteiger partial charge in [-0.2, -0.15) is 0 Å². The van der Waals surface area contributed by atoms with Crippen molar-refractivity contribution in [2.24, 2.45) is 0 Å². The largest absolute Gasteiger partial charge is 0.487 e. The highest BCUT2D eigenvalue weighted by atomic mass is 79.9. The van der Waals surface area contributed by atoms with E-state index in [0.29, 0.717) is 12.7 Å². The summed E-state index contributed by atoms with van der Waals surface area (Å²) in [7, 11) is 0. The molecule has 1 N–H and O–H groups in total. The van der Waals surface area contributed by atoms with Crippen molar-refractivity contribution in [1.82, 2.24) is 10.3 Å². The van der Waals surface area contributed by atoms with Gasteiger partial charge in [0.25, 0.3) is 0 Å². The molecule has 1 aromatic carbocycles. The van der Waals surface area contributed by atoms with E-state index in [1.165, 1.54) is 6.42 Å². The van der Waals surface area contributed by atoms with Crippen LogP contribution in [-0.4, -0.2) is 24.2 Å². The van der Waals surface area contributed by atoms with Crippen molar-refractivity contribution in [1.29, 1.82) is 0 Å². The summed E-state index contributed by atoms with van der Waals surface area (Å²) in [6, 6.07) is 11.9. The number of benzene rings is 1. The first-order chi connectivity index (χ1) is 11.3. The third-order valence-electron chi connectivity index (χ3n) is 3.84. The molecule has 1 atom stereocenters. The van der Waals surface area contributed by atoms with Crippen molar-refractivity contribution < 1.29 is 9.47 Å². The summed E-state index contributed by atoms with van der Waals surface area (Å²) in [4.78, 5) is 4.29. The van der Waals surface area contributed by atoms with E-state index in [2.05, 4.69) is 32.3 Å². The fourth-order valence-corrected chi connectivity index (χ4v) is 3.04. The Bertz CT molecular complexity index is 616. The van der Waals surface area contributed by atoms with Gasteiger partial charge >= 0.3 is 0 Å². The Labute approximate surface area is 145 Å². The van der Waals surface area contributed by atoms with Gasteiger partial charge in [-0.15, -0.1) is 0 Å². The van der Waals surface area contributed by atoms with E-state index < -0.39 is 0 Å². The number of nitrogens with zero attached hydrogens (tertiary/aromatic N) is 1. The highest BCUT2D eigenvalue weighted by Crippen LogP contribution is 2.24. The van der Waals surface area contributed by atoms with Crippen molar-refractivity contribution in [3.8, 4) is 5.75 Å². The van der Waals surface area contributed by atoms with Crippen molar-refractivity contribution in [2.45, 2.75) is 32.1 Å². The predicted molar refractivity (Wildman–Crippen MR) is 93.4 cm³/mol. The molecule has 0 radical (unpaired) electrons. The molecule has 2 aromatic rings. The maximum atomic E-state index is 5.95. The first kappa shape index (κ1) is 16.4. The fourth-order valence-electron chi connectivity index (χ4n) is 2.64. The highest BCUT2D eigenvalue weighted by molar-refractivity contribution is 9.10. The monoisotopic (exact) mass is 376 g/mol. The lowest BCUT2D eigenvalue weighted by molar-refractivity contribution is 0.110. The molecular formula is C18H21BrN2O2.